The molecule has 0 heterocycles. The molecule has 0 aromatic carbocycles. The summed E-state index contributed by atoms with van der Waals surface area (Å²) in [5, 5.41) is 0. The molecule has 0 nitrogen and oxygen atoms in total. The third kappa shape index (κ3) is 1.24. The molecule has 1 aliphatic rings. The Hall–Kier alpha value is 0. The third-order valence-electron chi connectivity index (χ3n) is 2.42. The molecular formula is C8H16. The summed E-state index contributed by atoms with van der Waals surface area (Å²) in [7, 11) is 0. The van der Waals surface area contributed by atoms with Crippen LogP contribution >= 0.6 is 0 Å². The summed E-state index contributed by atoms with van der Waals surface area (Å²) >= 11 is 0. The zero-order valence-electron chi connectivity index (χ0n) is 6.15. The predicted octanol–water partition coefficient (Wildman–Crippen LogP) is 2.69. The maximum Gasteiger partial charge on any atom is -0.0386 e. The Labute approximate surface area is 52.3 Å². The van der Waals surface area contributed by atoms with E-state index >= 15 is 0 Å². The van der Waals surface area contributed by atoms with E-state index < -0.39 is 0 Å². The van der Waals surface area contributed by atoms with Crippen LogP contribution < -0.4 is 0 Å². The molecule has 0 aromatic rings. The molecule has 0 heteroatoms. The molecule has 0 aliphatic heterocycles. The fourth-order valence-corrected chi connectivity index (χ4v) is 1.17. The van der Waals surface area contributed by atoms with E-state index in [0.717, 1.165) is 17.8 Å². The Morgan fingerprint density at radius 2 is 1.62 bits per heavy atom. The monoisotopic (exact) mass is 112 g/mol. The molecule has 0 aromatic heterocycles. The van der Waals surface area contributed by atoms with Gasteiger partial charge in [-0.05, 0) is 30.6 Å². The summed E-state index contributed by atoms with van der Waals surface area (Å²) in [6.45, 7) is 7.02. The van der Waals surface area contributed by atoms with Gasteiger partial charge in [-0.3, -0.25) is 0 Å². The minimum atomic E-state index is 0.905. The first-order valence-corrected chi connectivity index (χ1v) is 3.72. The van der Waals surface area contributed by atoms with E-state index in [1.165, 1.54) is 12.8 Å². The fraction of sp³-hybridized carbons (Fsp3) is 1.00. The molecule has 0 radical (unpaired) electrons. The molecular weight excluding hydrogens is 96.1 g/mol. The van der Waals surface area contributed by atoms with Gasteiger partial charge in [0.25, 0.3) is 0 Å². The maximum absolute atomic E-state index is 2.38. The lowest BCUT2D eigenvalue weighted by Gasteiger charge is -2.12. The fourth-order valence-electron chi connectivity index (χ4n) is 1.17. The molecule has 0 bridgehead atoms. The standard InChI is InChI=1S/C8H16/c1-6(2)7(3)8-4-5-8/h6-8H,4-5H2,1-3H3/t7-/m1/s1. The Bertz CT molecular complexity index is 68.1. The van der Waals surface area contributed by atoms with Gasteiger partial charge in [0.1, 0.15) is 0 Å². The second-order valence-corrected chi connectivity index (χ2v) is 3.44. The Kier molecular flexibility index (Phi) is 1.59. The molecule has 1 rings (SSSR count). The van der Waals surface area contributed by atoms with Crippen molar-refractivity contribution in [3.8, 4) is 0 Å². The van der Waals surface area contributed by atoms with Crippen molar-refractivity contribution in [2.45, 2.75) is 33.6 Å². The molecule has 1 atom stereocenters. The number of rotatable bonds is 2. The largest absolute Gasteiger partial charge is 0.0625 e. The van der Waals surface area contributed by atoms with Gasteiger partial charge in [-0.2, -0.15) is 0 Å². The van der Waals surface area contributed by atoms with Crippen LogP contribution in [-0.2, 0) is 0 Å². The van der Waals surface area contributed by atoms with Crippen LogP contribution in [0.2, 0.25) is 0 Å². The Morgan fingerprint density at radius 1 is 1.12 bits per heavy atom. The lowest BCUT2D eigenvalue weighted by Crippen LogP contribution is -2.04. The lowest BCUT2D eigenvalue weighted by atomic mass is 9.93. The van der Waals surface area contributed by atoms with Crippen molar-refractivity contribution < 1.29 is 0 Å². The smallest absolute Gasteiger partial charge is 0.0386 e. The summed E-state index contributed by atoms with van der Waals surface area (Å²) in [5.41, 5.74) is 0. The van der Waals surface area contributed by atoms with Crippen molar-refractivity contribution in [3.05, 3.63) is 0 Å². The molecule has 8 heavy (non-hydrogen) atoms. The summed E-state index contributed by atoms with van der Waals surface area (Å²) in [6, 6.07) is 0. The highest BCUT2D eigenvalue weighted by atomic mass is 14.3. The van der Waals surface area contributed by atoms with Crippen LogP contribution in [0.3, 0.4) is 0 Å². The van der Waals surface area contributed by atoms with E-state index in [1.807, 2.05) is 0 Å². The maximum atomic E-state index is 2.38. The molecule has 0 saturated heterocycles. The van der Waals surface area contributed by atoms with E-state index in [2.05, 4.69) is 20.8 Å². The predicted molar refractivity (Wildman–Crippen MR) is 36.7 cm³/mol. The second-order valence-electron chi connectivity index (χ2n) is 3.44. The van der Waals surface area contributed by atoms with Crippen LogP contribution in [0.15, 0.2) is 0 Å². The molecule has 0 N–H and O–H groups in total. The average molecular weight is 112 g/mol. The van der Waals surface area contributed by atoms with Crippen LogP contribution in [0.4, 0.5) is 0 Å². The van der Waals surface area contributed by atoms with Crippen molar-refractivity contribution in [1.29, 1.82) is 0 Å². The first-order valence-electron chi connectivity index (χ1n) is 3.72. The van der Waals surface area contributed by atoms with Crippen molar-refractivity contribution in [2.24, 2.45) is 17.8 Å². The molecule has 0 spiro atoms. The highest BCUT2D eigenvalue weighted by Crippen LogP contribution is 2.39. The SMILES string of the molecule is CC(C)[C@@H](C)C1CC1. The van der Waals surface area contributed by atoms with Crippen LogP contribution in [-0.4, -0.2) is 0 Å². The van der Waals surface area contributed by atoms with Crippen molar-refractivity contribution in [3.63, 3.8) is 0 Å². The zero-order valence-corrected chi connectivity index (χ0v) is 6.15. The molecule has 0 unspecified atom stereocenters. The minimum Gasteiger partial charge on any atom is -0.0625 e. The molecule has 1 saturated carbocycles. The van der Waals surface area contributed by atoms with Gasteiger partial charge < -0.3 is 0 Å². The summed E-state index contributed by atoms with van der Waals surface area (Å²) in [6.07, 6.45) is 3.00. The highest BCUT2D eigenvalue weighted by molar-refractivity contribution is 4.79. The van der Waals surface area contributed by atoms with E-state index in [0.29, 0.717) is 0 Å². The van der Waals surface area contributed by atoms with Gasteiger partial charge in [0.05, 0.1) is 0 Å². The molecule has 1 aliphatic carbocycles. The van der Waals surface area contributed by atoms with Gasteiger partial charge in [0.15, 0.2) is 0 Å². The van der Waals surface area contributed by atoms with Crippen LogP contribution in [0.5, 0.6) is 0 Å². The van der Waals surface area contributed by atoms with Gasteiger partial charge in [-0.15, -0.1) is 0 Å². The second kappa shape index (κ2) is 2.08. The first-order chi connectivity index (χ1) is 3.72. The lowest BCUT2D eigenvalue weighted by molar-refractivity contribution is 0.372. The van der Waals surface area contributed by atoms with E-state index in [1.54, 1.807) is 0 Å². The van der Waals surface area contributed by atoms with Gasteiger partial charge in [-0.25, -0.2) is 0 Å². The average Bonchev–Trinajstić information content (AvgIpc) is 2.43. The topological polar surface area (TPSA) is 0 Å². The zero-order chi connectivity index (χ0) is 6.15. The normalized spacial score (nSPS) is 24.0. The number of hydrogen-bond donors (Lipinski definition) is 0. The Balaban J connectivity index is 2.22. The summed E-state index contributed by atoms with van der Waals surface area (Å²) in [5.74, 6) is 2.98. The van der Waals surface area contributed by atoms with Gasteiger partial charge >= 0.3 is 0 Å². The summed E-state index contributed by atoms with van der Waals surface area (Å²) < 4.78 is 0. The molecule has 0 amide bonds. The minimum absolute atomic E-state index is 0.905. The quantitative estimate of drug-likeness (QED) is 0.515. The van der Waals surface area contributed by atoms with Crippen molar-refractivity contribution in [1.82, 2.24) is 0 Å². The number of hydrogen-bond acceptors (Lipinski definition) is 0. The van der Waals surface area contributed by atoms with Crippen LogP contribution in [0, 0.1) is 17.8 Å². The molecule has 48 valence electrons. The third-order valence-corrected chi connectivity index (χ3v) is 2.42. The summed E-state index contributed by atoms with van der Waals surface area (Å²) in [4.78, 5) is 0. The van der Waals surface area contributed by atoms with E-state index in [4.69, 9.17) is 0 Å². The van der Waals surface area contributed by atoms with Crippen LogP contribution in [0.25, 0.3) is 0 Å². The van der Waals surface area contributed by atoms with Crippen molar-refractivity contribution in [2.75, 3.05) is 0 Å². The first kappa shape index (κ1) is 6.12. The van der Waals surface area contributed by atoms with Crippen molar-refractivity contribution >= 4 is 0 Å². The highest BCUT2D eigenvalue weighted by Gasteiger charge is 2.29. The Morgan fingerprint density at radius 3 is 1.75 bits per heavy atom. The van der Waals surface area contributed by atoms with E-state index in [9.17, 15) is 0 Å². The van der Waals surface area contributed by atoms with Crippen LogP contribution in [0.1, 0.15) is 33.6 Å². The van der Waals surface area contributed by atoms with E-state index in [-0.39, 0.29) is 0 Å². The van der Waals surface area contributed by atoms with Gasteiger partial charge in [-0.1, -0.05) is 20.8 Å². The van der Waals surface area contributed by atoms with Gasteiger partial charge in [0.2, 0.25) is 0 Å². The molecule has 1 fully saturated rings. The van der Waals surface area contributed by atoms with Gasteiger partial charge in [0, 0.05) is 0 Å².